The van der Waals surface area contributed by atoms with Gasteiger partial charge in [-0.15, -0.1) is 11.6 Å². The highest BCUT2D eigenvalue weighted by atomic mass is 35.5. The van der Waals surface area contributed by atoms with Crippen LogP contribution in [-0.2, 0) is 9.84 Å². The number of alkyl halides is 1. The Balaban J connectivity index is 2.73. The number of benzene rings is 1. The van der Waals surface area contributed by atoms with Crippen LogP contribution in [0.15, 0.2) is 29.2 Å². The average Bonchev–Trinajstić information content (AvgIpc) is 2.37. The van der Waals surface area contributed by atoms with Crippen LogP contribution >= 0.6 is 11.6 Å². The molecule has 0 fully saturated rings. The number of hydrogen-bond acceptors (Lipinski definition) is 3. The topological polar surface area (TPSA) is 43.4 Å². The summed E-state index contributed by atoms with van der Waals surface area (Å²) in [4.78, 5) is 0.319. The Kier molecular flexibility index (Phi) is 5.96. The standard InChI is InChI=1S/C13H19ClO3S/c1-11(6-8-14)7-9-18(15,16)13-5-3-4-12(10-13)17-2/h3-5,10-11H,6-9H2,1-2H3. The van der Waals surface area contributed by atoms with Crippen molar-refractivity contribution >= 4 is 21.4 Å². The van der Waals surface area contributed by atoms with E-state index in [2.05, 4.69) is 0 Å². The first-order chi connectivity index (χ1) is 8.49. The summed E-state index contributed by atoms with van der Waals surface area (Å²) in [6.07, 6.45) is 1.47. The molecule has 1 unspecified atom stereocenters. The molecular weight excluding hydrogens is 272 g/mol. The maximum Gasteiger partial charge on any atom is 0.178 e. The van der Waals surface area contributed by atoms with Gasteiger partial charge in [-0.05, 0) is 37.0 Å². The summed E-state index contributed by atoms with van der Waals surface area (Å²) >= 11 is 5.64. The zero-order valence-corrected chi connectivity index (χ0v) is 12.3. The van der Waals surface area contributed by atoms with Gasteiger partial charge in [0.25, 0.3) is 0 Å². The molecule has 0 aliphatic carbocycles. The van der Waals surface area contributed by atoms with Gasteiger partial charge < -0.3 is 4.74 Å². The third-order valence-corrected chi connectivity index (χ3v) is 4.85. The van der Waals surface area contributed by atoms with E-state index in [1.807, 2.05) is 6.92 Å². The molecule has 0 saturated heterocycles. The van der Waals surface area contributed by atoms with Crippen molar-refractivity contribution in [2.75, 3.05) is 18.7 Å². The molecule has 0 amide bonds. The van der Waals surface area contributed by atoms with Crippen LogP contribution in [0.2, 0.25) is 0 Å². The van der Waals surface area contributed by atoms with Gasteiger partial charge in [0.1, 0.15) is 5.75 Å². The minimum atomic E-state index is -3.23. The Morgan fingerprint density at radius 2 is 2.06 bits per heavy atom. The van der Waals surface area contributed by atoms with Crippen molar-refractivity contribution in [3.8, 4) is 5.75 Å². The van der Waals surface area contributed by atoms with Crippen molar-refractivity contribution in [3.63, 3.8) is 0 Å². The molecule has 0 aromatic heterocycles. The van der Waals surface area contributed by atoms with Crippen molar-refractivity contribution in [1.82, 2.24) is 0 Å². The van der Waals surface area contributed by atoms with Gasteiger partial charge in [-0.25, -0.2) is 8.42 Å². The smallest absolute Gasteiger partial charge is 0.178 e. The summed E-state index contributed by atoms with van der Waals surface area (Å²) in [6.45, 7) is 2.02. The van der Waals surface area contributed by atoms with Crippen LogP contribution in [0.1, 0.15) is 19.8 Å². The van der Waals surface area contributed by atoms with E-state index in [4.69, 9.17) is 16.3 Å². The van der Waals surface area contributed by atoms with Gasteiger partial charge >= 0.3 is 0 Å². The molecule has 0 bridgehead atoms. The molecular formula is C13H19ClO3S. The molecule has 0 saturated carbocycles. The monoisotopic (exact) mass is 290 g/mol. The minimum absolute atomic E-state index is 0.151. The van der Waals surface area contributed by atoms with E-state index >= 15 is 0 Å². The molecule has 3 nitrogen and oxygen atoms in total. The molecule has 102 valence electrons. The van der Waals surface area contributed by atoms with Gasteiger partial charge in [0.05, 0.1) is 17.8 Å². The molecule has 0 aliphatic rings. The Hall–Kier alpha value is -0.740. The van der Waals surface area contributed by atoms with E-state index < -0.39 is 9.84 Å². The van der Waals surface area contributed by atoms with E-state index in [0.29, 0.717) is 28.9 Å². The van der Waals surface area contributed by atoms with Crippen molar-refractivity contribution in [3.05, 3.63) is 24.3 Å². The third-order valence-electron chi connectivity index (χ3n) is 2.88. The second-order valence-electron chi connectivity index (χ2n) is 4.37. The summed E-state index contributed by atoms with van der Waals surface area (Å²) in [5.41, 5.74) is 0. The van der Waals surface area contributed by atoms with Crippen molar-refractivity contribution < 1.29 is 13.2 Å². The number of rotatable bonds is 7. The van der Waals surface area contributed by atoms with Gasteiger partial charge in [-0.2, -0.15) is 0 Å². The lowest BCUT2D eigenvalue weighted by Gasteiger charge is -2.10. The molecule has 1 atom stereocenters. The average molecular weight is 291 g/mol. The van der Waals surface area contributed by atoms with Crippen LogP contribution in [-0.4, -0.2) is 27.2 Å². The quantitative estimate of drug-likeness (QED) is 0.725. The van der Waals surface area contributed by atoms with Crippen LogP contribution in [0.3, 0.4) is 0 Å². The highest BCUT2D eigenvalue weighted by molar-refractivity contribution is 7.91. The minimum Gasteiger partial charge on any atom is -0.497 e. The predicted octanol–water partition coefficient (Wildman–Crippen LogP) is 3.12. The number of hydrogen-bond donors (Lipinski definition) is 0. The Morgan fingerprint density at radius 1 is 1.33 bits per heavy atom. The lowest BCUT2D eigenvalue weighted by molar-refractivity contribution is 0.413. The van der Waals surface area contributed by atoms with Crippen molar-refractivity contribution in [2.45, 2.75) is 24.7 Å². The molecule has 0 spiro atoms. The number of ether oxygens (including phenoxy) is 1. The van der Waals surface area contributed by atoms with Crippen LogP contribution in [0, 0.1) is 5.92 Å². The lowest BCUT2D eigenvalue weighted by atomic mass is 10.1. The molecule has 18 heavy (non-hydrogen) atoms. The van der Waals surface area contributed by atoms with Crippen LogP contribution in [0.25, 0.3) is 0 Å². The summed E-state index contributed by atoms with van der Waals surface area (Å²) < 4.78 is 29.3. The summed E-state index contributed by atoms with van der Waals surface area (Å²) in [5.74, 6) is 1.60. The van der Waals surface area contributed by atoms with Crippen molar-refractivity contribution in [1.29, 1.82) is 0 Å². The maximum absolute atomic E-state index is 12.1. The zero-order valence-electron chi connectivity index (χ0n) is 10.7. The molecule has 0 radical (unpaired) electrons. The fourth-order valence-corrected chi connectivity index (χ4v) is 3.50. The van der Waals surface area contributed by atoms with Gasteiger partial charge in [0, 0.05) is 5.88 Å². The number of methoxy groups -OCH3 is 1. The molecule has 5 heteroatoms. The van der Waals surface area contributed by atoms with E-state index in [-0.39, 0.29) is 5.75 Å². The Morgan fingerprint density at radius 3 is 2.67 bits per heavy atom. The highest BCUT2D eigenvalue weighted by Gasteiger charge is 2.16. The normalized spacial score (nSPS) is 13.3. The van der Waals surface area contributed by atoms with Crippen molar-refractivity contribution in [2.24, 2.45) is 5.92 Å². The molecule has 1 aromatic carbocycles. The predicted molar refractivity (Wildman–Crippen MR) is 74.2 cm³/mol. The molecule has 0 N–H and O–H groups in total. The van der Waals surface area contributed by atoms with Gasteiger partial charge in [0.15, 0.2) is 9.84 Å². The summed E-state index contributed by atoms with van der Waals surface area (Å²) in [7, 11) is -1.71. The molecule has 0 aliphatic heterocycles. The zero-order chi connectivity index (χ0) is 13.6. The SMILES string of the molecule is COc1cccc(S(=O)(=O)CCC(C)CCCl)c1. The molecule has 0 heterocycles. The summed E-state index contributed by atoms with van der Waals surface area (Å²) in [5, 5.41) is 0. The van der Waals surface area contributed by atoms with E-state index in [0.717, 1.165) is 6.42 Å². The Labute approximate surface area is 114 Å². The first-order valence-corrected chi connectivity index (χ1v) is 8.11. The maximum atomic E-state index is 12.1. The van der Waals surface area contributed by atoms with Gasteiger partial charge in [0.2, 0.25) is 0 Å². The van der Waals surface area contributed by atoms with E-state index in [9.17, 15) is 8.42 Å². The number of sulfone groups is 1. The van der Waals surface area contributed by atoms with Gasteiger partial charge in [-0.3, -0.25) is 0 Å². The summed E-state index contributed by atoms with van der Waals surface area (Å²) in [6, 6.07) is 6.58. The molecule has 1 aromatic rings. The fraction of sp³-hybridized carbons (Fsp3) is 0.538. The van der Waals surface area contributed by atoms with Crippen LogP contribution < -0.4 is 4.74 Å². The van der Waals surface area contributed by atoms with Crippen LogP contribution in [0.5, 0.6) is 5.75 Å². The lowest BCUT2D eigenvalue weighted by Crippen LogP contribution is -2.10. The van der Waals surface area contributed by atoms with E-state index in [1.165, 1.54) is 7.11 Å². The number of halogens is 1. The van der Waals surface area contributed by atoms with E-state index in [1.54, 1.807) is 24.3 Å². The third kappa shape index (κ3) is 4.50. The highest BCUT2D eigenvalue weighted by Crippen LogP contribution is 2.20. The largest absolute Gasteiger partial charge is 0.497 e. The molecule has 1 rings (SSSR count). The first-order valence-electron chi connectivity index (χ1n) is 5.92. The fourth-order valence-electron chi connectivity index (χ4n) is 1.60. The first kappa shape index (κ1) is 15.3. The Bertz CT molecular complexity index is 471. The van der Waals surface area contributed by atoms with Gasteiger partial charge in [-0.1, -0.05) is 13.0 Å². The second-order valence-corrected chi connectivity index (χ2v) is 6.86. The van der Waals surface area contributed by atoms with Crippen LogP contribution in [0.4, 0.5) is 0 Å². The second kappa shape index (κ2) is 7.00.